The number of hydrogen-bond acceptors (Lipinski definition) is 1. The van der Waals surface area contributed by atoms with E-state index in [4.69, 9.17) is 0 Å². The minimum Gasteiger partial charge on any atom is -0.304 e. The van der Waals surface area contributed by atoms with Crippen LogP contribution in [-0.2, 0) is 0 Å². The summed E-state index contributed by atoms with van der Waals surface area (Å²) in [7, 11) is 0. The molecule has 1 nitrogen and oxygen atoms in total. The summed E-state index contributed by atoms with van der Waals surface area (Å²) in [6, 6.07) is 6.33. The van der Waals surface area contributed by atoms with Crippen molar-refractivity contribution in [1.82, 2.24) is 4.90 Å². The summed E-state index contributed by atoms with van der Waals surface area (Å²) in [5, 5.41) is 0. The second kappa shape index (κ2) is 7.67. The minimum absolute atomic E-state index is 1.12. The Morgan fingerprint density at radius 2 is 1.94 bits per heavy atom. The summed E-state index contributed by atoms with van der Waals surface area (Å²) < 4.78 is 1.18. The summed E-state index contributed by atoms with van der Waals surface area (Å²) >= 11 is 3.56. The van der Waals surface area contributed by atoms with Gasteiger partial charge >= 0.3 is 0 Å². The summed E-state index contributed by atoms with van der Waals surface area (Å²) in [6.45, 7) is 10.0. The van der Waals surface area contributed by atoms with Crippen LogP contribution in [0.1, 0.15) is 31.4 Å². The predicted molar refractivity (Wildman–Crippen MR) is 80.3 cm³/mol. The van der Waals surface area contributed by atoms with Crippen molar-refractivity contribution >= 4 is 22.0 Å². The lowest BCUT2D eigenvalue weighted by Crippen LogP contribution is -2.23. The van der Waals surface area contributed by atoms with Gasteiger partial charge in [0.25, 0.3) is 0 Å². The highest BCUT2D eigenvalue weighted by Gasteiger charge is 1.98. The molecule has 0 aliphatic heterocycles. The molecule has 0 bridgehead atoms. The van der Waals surface area contributed by atoms with Gasteiger partial charge in [-0.15, -0.1) is 0 Å². The van der Waals surface area contributed by atoms with Crippen molar-refractivity contribution in [3.63, 3.8) is 0 Å². The van der Waals surface area contributed by atoms with E-state index in [1.54, 1.807) is 0 Å². The molecule has 0 unspecified atom stereocenters. The molecule has 0 spiro atoms. The van der Waals surface area contributed by atoms with Gasteiger partial charge in [0.05, 0.1) is 0 Å². The number of hydrogen-bond donors (Lipinski definition) is 0. The fraction of sp³-hybridized carbons (Fsp3) is 0.467. The quantitative estimate of drug-likeness (QED) is 0.747. The standard InChI is InChI=1S/C15H22BrN/c1-4-17(5-2)12-7-6-9-14-10-8-11-15(16)13(14)3/h6,8-11H,4-5,7,12H2,1-3H3/b9-6+. The van der Waals surface area contributed by atoms with Gasteiger partial charge in [0.2, 0.25) is 0 Å². The van der Waals surface area contributed by atoms with Crippen molar-refractivity contribution in [2.45, 2.75) is 27.2 Å². The molecular formula is C15H22BrN. The van der Waals surface area contributed by atoms with Crippen molar-refractivity contribution in [3.05, 3.63) is 39.9 Å². The van der Waals surface area contributed by atoms with Crippen LogP contribution in [0.5, 0.6) is 0 Å². The number of nitrogens with zero attached hydrogens (tertiary/aromatic N) is 1. The average molecular weight is 296 g/mol. The molecule has 0 saturated heterocycles. The van der Waals surface area contributed by atoms with E-state index in [2.05, 4.69) is 72.0 Å². The third-order valence-corrected chi connectivity index (χ3v) is 3.97. The predicted octanol–water partition coefficient (Wildman–Crippen LogP) is 4.50. The SMILES string of the molecule is CCN(CC)CC/C=C/c1cccc(Br)c1C. The molecule has 0 atom stereocenters. The molecule has 1 aromatic rings. The van der Waals surface area contributed by atoms with E-state index in [9.17, 15) is 0 Å². The Hall–Kier alpha value is -0.600. The topological polar surface area (TPSA) is 3.24 Å². The van der Waals surface area contributed by atoms with E-state index in [0.717, 1.165) is 26.1 Å². The molecule has 0 N–H and O–H groups in total. The van der Waals surface area contributed by atoms with Gasteiger partial charge in [-0.1, -0.05) is 54.1 Å². The van der Waals surface area contributed by atoms with Crippen LogP contribution in [0.2, 0.25) is 0 Å². The van der Waals surface area contributed by atoms with Crippen LogP contribution in [0.4, 0.5) is 0 Å². The van der Waals surface area contributed by atoms with E-state index in [-0.39, 0.29) is 0 Å². The average Bonchev–Trinajstić information content (AvgIpc) is 2.34. The van der Waals surface area contributed by atoms with Crippen LogP contribution in [0.25, 0.3) is 6.08 Å². The Kier molecular flexibility index (Phi) is 6.53. The van der Waals surface area contributed by atoms with Gasteiger partial charge in [0, 0.05) is 11.0 Å². The Bertz CT molecular complexity index is 367. The normalized spacial score (nSPS) is 11.6. The van der Waals surface area contributed by atoms with Crippen molar-refractivity contribution in [1.29, 1.82) is 0 Å². The third kappa shape index (κ3) is 4.64. The van der Waals surface area contributed by atoms with E-state index in [0.29, 0.717) is 0 Å². The molecular weight excluding hydrogens is 274 g/mol. The fourth-order valence-corrected chi connectivity index (χ4v) is 2.19. The molecule has 0 heterocycles. The first-order valence-electron chi connectivity index (χ1n) is 6.33. The monoisotopic (exact) mass is 295 g/mol. The van der Waals surface area contributed by atoms with Crippen LogP contribution in [0.3, 0.4) is 0 Å². The summed E-state index contributed by atoms with van der Waals surface area (Å²) in [5.74, 6) is 0. The molecule has 2 heteroatoms. The number of rotatable bonds is 6. The van der Waals surface area contributed by atoms with Gasteiger partial charge in [-0.2, -0.15) is 0 Å². The highest BCUT2D eigenvalue weighted by molar-refractivity contribution is 9.10. The lowest BCUT2D eigenvalue weighted by Gasteiger charge is -2.16. The van der Waals surface area contributed by atoms with Gasteiger partial charge in [-0.05, 0) is 43.6 Å². The Labute approximate surface area is 114 Å². The van der Waals surface area contributed by atoms with Crippen LogP contribution < -0.4 is 0 Å². The molecule has 0 amide bonds. The molecule has 17 heavy (non-hydrogen) atoms. The smallest absolute Gasteiger partial charge is 0.0210 e. The van der Waals surface area contributed by atoms with Crippen LogP contribution in [0.15, 0.2) is 28.7 Å². The second-order valence-corrected chi connectivity index (χ2v) is 5.03. The van der Waals surface area contributed by atoms with E-state index < -0.39 is 0 Å². The zero-order valence-corrected chi connectivity index (χ0v) is 12.6. The van der Waals surface area contributed by atoms with Crippen molar-refractivity contribution < 1.29 is 0 Å². The molecule has 1 aromatic carbocycles. The Morgan fingerprint density at radius 1 is 1.24 bits per heavy atom. The van der Waals surface area contributed by atoms with Crippen LogP contribution in [-0.4, -0.2) is 24.5 Å². The van der Waals surface area contributed by atoms with Gasteiger partial charge in [0.1, 0.15) is 0 Å². The first-order chi connectivity index (χ1) is 8.19. The second-order valence-electron chi connectivity index (χ2n) is 4.17. The number of halogens is 1. The maximum Gasteiger partial charge on any atom is 0.0210 e. The number of benzene rings is 1. The highest BCUT2D eigenvalue weighted by atomic mass is 79.9. The van der Waals surface area contributed by atoms with Crippen molar-refractivity contribution in [2.24, 2.45) is 0 Å². The lowest BCUT2D eigenvalue weighted by atomic mass is 10.1. The molecule has 0 radical (unpaired) electrons. The molecule has 0 aromatic heterocycles. The maximum absolute atomic E-state index is 3.56. The fourth-order valence-electron chi connectivity index (χ4n) is 1.81. The van der Waals surface area contributed by atoms with Gasteiger partial charge in [-0.25, -0.2) is 0 Å². The summed E-state index contributed by atoms with van der Waals surface area (Å²) in [4.78, 5) is 2.44. The molecule has 94 valence electrons. The first-order valence-corrected chi connectivity index (χ1v) is 7.12. The summed E-state index contributed by atoms with van der Waals surface area (Å²) in [6.07, 6.45) is 5.62. The van der Waals surface area contributed by atoms with Crippen LogP contribution >= 0.6 is 15.9 Å². The molecule has 0 saturated carbocycles. The minimum atomic E-state index is 1.12. The van der Waals surface area contributed by atoms with Crippen molar-refractivity contribution in [2.75, 3.05) is 19.6 Å². The van der Waals surface area contributed by atoms with Gasteiger partial charge < -0.3 is 4.90 Å². The van der Waals surface area contributed by atoms with Crippen LogP contribution in [0, 0.1) is 6.92 Å². The zero-order valence-electron chi connectivity index (χ0n) is 11.0. The first kappa shape index (κ1) is 14.5. The zero-order chi connectivity index (χ0) is 12.7. The van der Waals surface area contributed by atoms with Crippen molar-refractivity contribution in [3.8, 4) is 0 Å². The molecule has 1 rings (SSSR count). The van der Waals surface area contributed by atoms with E-state index >= 15 is 0 Å². The van der Waals surface area contributed by atoms with Gasteiger partial charge in [0.15, 0.2) is 0 Å². The molecule has 0 aliphatic rings. The maximum atomic E-state index is 3.56. The van der Waals surface area contributed by atoms with E-state index in [1.807, 2.05) is 0 Å². The lowest BCUT2D eigenvalue weighted by molar-refractivity contribution is 0.310. The summed E-state index contributed by atoms with van der Waals surface area (Å²) in [5.41, 5.74) is 2.62. The van der Waals surface area contributed by atoms with Gasteiger partial charge in [-0.3, -0.25) is 0 Å². The van der Waals surface area contributed by atoms with E-state index in [1.165, 1.54) is 15.6 Å². The third-order valence-electron chi connectivity index (χ3n) is 3.11. The Morgan fingerprint density at radius 3 is 2.59 bits per heavy atom. The largest absolute Gasteiger partial charge is 0.304 e. The molecule has 0 aliphatic carbocycles. The Balaban J connectivity index is 2.51. The highest BCUT2D eigenvalue weighted by Crippen LogP contribution is 2.20. The molecule has 0 fully saturated rings.